The lowest BCUT2D eigenvalue weighted by atomic mass is 9.88. The molecule has 0 spiro atoms. The Morgan fingerprint density at radius 2 is 1.87 bits per heavy atom. The van der Waals surface area contributed by atoms with Crippen LogP contribution in [0.5, 0.6) is 0 Å². The number of carbonyl (C=O) groups is 2. The van der Waals surface area contributed by atoms with E-state index in [0.717, 1.165) is 29.6 Å². The van der Waals surface area contributed by atoms with Gasteiger partial charge in [-0.2, -0.15) is 0 Å². The first-order chi connectivity index (χ1) is 22.0. The van der Waals surface area contributed by atoms with Crippen LogP contribution in [-0.2, 0) is 19.0 Å². The highest BCUT2D eigenvalue weighted by molar-refractivity contribution is 5.70. The molecule has 3 heterocycles. The van der Waals surface area contributed by atoms with Crippen LogP contribution in [0.2, 0.25) is 0 Å². The van der Waals surface area contributed by atoms with Crippen LogP contribution in [0, 0.1) is 17.8 Å². The van der Waals surface area contributed by atoms with E-state index in [9.17, 15) is 24.9 Å². The molecule has 10 heteroatoms. The fourth-order valence-electron chi connectivity index (χ4n) is 6.59. The summed E-state index contributed by atoms with van der Waals surface area (Å²) in [6, 6.07) is 0.453. The number of allylic oxidation sites excluding steroid dienone is 3. The molecule has 0 aromatic heterocycles. The summed E-state index contributed by atoms with van der Waals surface area (Å²) in [5.74, 6) is -0.444. The number of epoxide rings is 1. The number of nitrogens with zero attached hydrogens (tertiary/aromatic N) is 2. The largest absolute Gasteiger partial charge is 0.457 e. The van der Waals surface area contributed by atoms with Crippen molar-refractivity contribution >= 4 is 12.1 Å². The van der Waals surface area contributed by atoms with E-state index in [1.165, 1.54) is 0 Å². The summed E-state index contributed by atoms with van der Waals surface area (Å²) in [5.41, 5.74) is -0.629. The average molecular weight is 664 g/mol. The third-order valence-electron chi connectivity index (χ3n) is 10.8. The molecule has 0 aromatic carbocycles. The minimum absolute atomic E-state index is 0.0976. The second-order valence-electron chi connectivity index (χ2n) is 15.2. The highest BCUT2D eigenvalue weighted by atomic mass is 16.6. The molecule has 1 amide bonds. The van der Waals surface area contributed by atoms with Crippen molar-refractivity contribution in [2.75, 3.05) is 33.2 Å². The first-order valence-corrected chi connectivity index (χ1v) is 17.7. The number of hydrogen-bond donors (Lipinski definition) is 3. The molecule has 0 aliphatic carbocycles. The quantitative estimate of drug-likeness (QED) is 0.100. The topological polar surface area (TPSA) is 129 Å². The predicted molar refractivity (Wildman–Crippen MR) is 182 cm³/mol. The van der Waals surface area contributed by atoms with E-state index in [0.29, 0.717) is 25.6 Å². The molecule has 2 saturated heterocycles. The van der Waals surface area contributed by atoms with Crippen LogP contribution in [0.25, 0.3) is 0 Å². The molecular formula is C37H63N2O8+. The van der Waals surface area contributed by atoms with E-state index in [1.807, 2.05) is 45.9 Å². The number of aliphatic hydroxyl groups is 3. The third kappa shape index (κ3) is 11.1. The average Bonchev–Trinajstić information content (AvgIpc) is 3.78. The molecule has 47 heavy (non-hydrogen) atoms. The van der Waals surface area contributed by atoms with Gasteiger partial charge in [0.1, 0.15) is 11.7 Å². The SMILES string of the molecule is CC[C@H](O)[C@@H](C)[C@H]1O[C@@H]1C[C@H](C)C=CC=C(C)[C@H]1OC(=O)C[C@H](O)CC[C@@](C)(O)[C@@H](OC(=O)N2CC[N+](C)(C(C)C)CC2)C=C[C@@H]1C. The van der Waals surface area contributed by atoms with Gasteiger partial charge in [0.2, 0.25) is 0 Å². The normalized spacial score (nSPS) is 34.3. The van der Waals surface area contributed by atoms with E-state index in [-0.39, 0.29) is 55.3 Å². The number of carbonyl (C=O) groups excluding carboxylic acids is 2. The van der Waals surface area contributed by atoms with Crippen molar-refractivity contribution in [2.45, 2.75) is 136 Å². The number of likely N-dealkylation sites (N-methyl/N-ethyl adjacent to an activating group) is 1. The van der Waals surface area contributed by atoms with Gasteiger partial charge in [0, 0.05) is 11.8 Å². The van der Waals surface area contributed by atoms with Crippen LogP contribution >= 0.6 is 0 Å². The molecule has 3 rings (SSSR count). The van der Waals surface area contributed by atoms with Crippen LogP contribution in [0.3, 0.4) is 0 Å². The third-order valence-corrected chi connectivity index (χ3v) is 10.8. The minimum Gasteiger partial charge on any atom is -0.457 e. The molecular weight excluding hydrogens is 600 g/mol. The number of ether oxygens (including phenoxy) is 3. The Bertz CT molecular complexity index is 1130. The summed E-state index contributed by atoms with van der Waals surface area (Å²) < 4.78 is 18.6. The zero-order chi connectivity index (χ0) is 35.1. The standard InChI is InChI=1S/C37H63N2O8/c1-10-30(41)28(7)35-31(45-35)22-25(4)12-11-13-26(5)34-27(6)14-15-32(37(8,44)17-16-29(40)23-33(42)47-34)46-36(43)38-18-20-39(9,21-19-38)24(2)3/h11-15,24-25,27-32,34-35,40-41,44H,10,16-23H2,1-9H3/q+1/t25-,27+,28-,29-,30+,31-,32+,34-,35-,37-/m1/s1. The van der Waals surface area contributed by atoms with Gasteiger partial charge in [-0.1, -0.05) is 52.0 Å². The molecule has 3 aliphatic heterocycles. The smallest absolute Gasteiger partial charge is 0.410 e. The summed E-state index contributed by atoms with van der Waals surface area (Å²) in [6.07, 6.45) is 8.06. The lowest BCUT2D eigenvalue weighted by molar-refractivity contribution is -0.933. The maximum absolute atomic E-state index is 13.3. The van der Waals surface area contributed by atoms with Gasteiger partial charge in [-0.25, -0.2) is 4.79 Å². The summed E-state index contributed by atoms with van der Waals surface area (Å²) in [4.78, 5) is 27.9. The number of aliphatic hydroxyl groups excluding tert-OH is 2. The summed E-state index contributed by atoms with van der Waals surface area (Å²) in [5, 5.41) is 32.2. The Kier molecular flexibility index (Phi) is 14.1. The summed E-state index contributed by atoms with van der Waals surface area (Å²) in [6.45, 7) is 18.8. The minimum atomic E-state index is -1.45. The Balaban J connectivity index is 1.71. The van der Waals surface area contributed by atoms with Crippen molar-refractivity contribution in [3.8, 4) is 0 Å². The molecule has 0 saturated carbocycles. The molecule has 0 unspecified atom stereocenters. The molecule has 3 aliphatic rings. The van der Waals surface area contributed by atoms with Gasteiger partial charge in [-0.05, 0) is 70.9 Å². The molecule has 10 atom stereocenters. The van der Waals surface area contributed by atoms with Crippen molar-refractivity contribution < 1.29 is 43.6 Å². The second-order valence-corrected chi connectivity index (χ2v) is 15.2. The Morgan fingerprint density at radius 3 is 2.49 bits per heavy atom. The molecule has 0 aromatic rings. The van der Waals surface area contributed by atoms with Crippen LogP contribution in [-0.4, -0.2) is 118 Å². The molecule has 0 bridgehead atoms. The number of hydrogen-bond acceptors (Lipinski definition) is 8. The highest BCUT2D eigenvalue weighted by Gasteiger charge is 2.45. The number of cyclic esters (lactones) is 1. The van der Waals surface area contributed by atoms with Crippen LogP contribution in [0.4, 0.5) is 4.79 Å². The molecule has 2 fully saturated rings. The Hall–Kier alpha value is -2.24. The van der Waals surface area contributed by atoms with E-state index in [4.69, 9.17) is 14.2 Å². The fourth-order valence-corrected chi connectivity index (χ4v) is 6.59. The van der Waals surface area contributed by atoms with Crippen molar-refractivity contribution in [3.63, 3.8) is 0 Å². The van der Waals surface area contributed by atoms with E-state index in [1.54, 1.807) is 17.9 Å². The Labute approximate surface area is 283 Å². The first kappa shape index (κ1) is 39.2. The van der Waals surface area contributed by atoms with E-state index >= 15 is 0 Å². The van der Waals surface area contributed by atoms with Crippen LogP contribution < -0.4 is 0 Å². The lowest BCUT2D eigenvalue weighted by Gasteiger charge is -2.45. The predicted octanol–water partition coefficient (Wildman–Crippen LogP) is 4.77. The zero-order valence-electron chi connectivity index (χ0n) is 30.3. The van der Waals surface area contributed by atoms with Gasteiger partial charge < -0.3 is 34.0 Å². The van der Waals surface area contributed by atoms with Gasteiger partial charge in [-0.3, -0.25) is 9.69 Å². The summed E-state index contributed by atoms with van der Waals surface area (Å²) in [7, 11) is 2.20. The Morgan fingerprint density at radius 1 is 1.21 bits per heavy atom. The number of rotatable bonds is 10. The van der Waals surface area contributed by atoms with E-state index in [2.05, 4.69) is 33.9 Å². The number of piperazine rings is 1. The molecule has 0 radical (unpaired) electrons. The molecule has 3 N–H and O–H groups in total. The molecule has 268 valence electrons. The number of amides is 1. The van der Waals surface area contributed by atoms with Gasteiger partial charge in [0.05, 0.1) is 70.1 Å². The lowest BCUT2D eigenvalue weighted by Crippen LogP contribution is -2.61. The maximum atomic E-state index is 13.3. The number of quaternary nitrogens is 1. The van der Waals surface area contributed by atoms with Gasteiger partial charge in [0.15, 0.2) is 6.10 Å². The van der Waals surface area contributed by atoms with Crippen molar-refractivity contribution in [2.24, 2.45) is 17.8 Å². The highest BCUT2D eigenvalue weighted by Crippen LogP contribution is 2.36. The summed E-state index contributed by atoms with van der Waals surface area (Å²) >= 11 is 0. The van der Waals surface area contributed by atoms with Crippen LogP contribution in [0.15, 0.2) is 36.0 Å². The van der Waals surface area contributed by atoms with Crippen molar-refractivity contribution in [3.05, 3.63) is 36.0 Å². The van der Waals surface area contributed by atoms with E-state index < -0.39 is 36.0 Å². The maximum Gasteiger partial charge on any atom is 0.410 e. The van der Waals surface area contributed by atoms with Crippen LogP contribution in [0.1, 0.15) is 87.5 Å². The zero-order valence-corrected chi connectivity index (χ0v) is 30.3. The molecule has 10 nitrogen and oxygen atoms in total. The van der Waals surface area contributed by atoms with Gasteiger partial charge in [0.25, 0.3) is 0 Å². The fraction of sp³-hybridized carbons (Fsp3) is 0.784. The second kappa shape index (κ2) is 16.9. The first-order valence-electron chi connectivity index (χ1n) is 17.7. The number of esters is 1. The van der Waals surface area contributed by atoms with Gasteiger partial charge >= 0.3 is 12.1 Å². The monoisotopic (exact) mass is 663 g/mol. The van der Waals surface area contributed by atoms with Gasteiger partial charge in [-0.15, -0.1) is 0 Å². The van der Waals surface area contributed by atoms with Crippen molar-refractivity contribution in [1.29, 1.82) is 0 Å². The van der Waals surface area contributed by atoms with Crippen molar-refractivity contribution in [1.82, 2.24) is 4.90 Å².